The van der Waals surface area contributed by atoms with Gasteiger partial charge in [-0.05, 0) is 47.2 Å². The monoisotopic (exact) mass is 429 g/mol. The van der Waals surface area contributed by atoms with E-state index in [2.05, 4.69) is 15.3 Å². The summed E-state index contributed by atoms with van der Waals surface area (Å²) >= 11 is 0.876. The number of aromatic nitrogens is 2. The Balaban J connectivity index is 1.43. The van der Waals surface area contributed by atoms with Crippen LogP contribution in [0.2, 0.25) is 0 Å². The topological polar surface area (TPSA) is 94.3 Å². The second kappa shape index (κ2) is 8.08. The molecular weight excluding hydrogens is 414 g/mol. The van der Waals surface area contributed by atoms with Crippen molar-refractivity contribution in [2.45, 2.75) is 6.61 Å². The summed E-state index contributed by atoms with van der Waals surface area (Å²) in [5, 5.41) is 1.86. The highest BCUT2D eigenvalue weighted by Crippen LogP contribution is 2.32. The number of ether oxygens (including phenoxy) is 1. The number of benzene rings is 2. The summed E-state index contributed by atoms with van der Waals surface area (Å²) in [5.41, 5.74) is 4.56. The maximum atomic E-state index is 11.7. The van der Waals surface area contributed by atoms with E-state index in [9.17, 15) is 9.59 Å². The third kappa shape index (κ3) is 4.06. The number of hydrogen-bond acceptors (Lipinski definition) is 7. The molecule has 0 spiro atoms. The Hall–Kier alpha value is -3.91. The predicted molar refractivity (Wildman–Crippen MR) is 117 cm³/mol. The van der Waals surface area contributed by atoms with Gasteiger partial charge in [-0.15, -0.1) is 0 Å². The fourth-order valence-corrected chi connectivity index (χ4v) is 3.84. The standard InChI is InChI=1S/C23H15N3O4S/c27-22-20(31-23(28)26-22)8-15-6-7-17(24-11-15)16-9-18-21(30-13-25-18)19(10-16)29-12-14-4-2-1-3-5-14/h1-11,13H,12H2,(H,26,27,28). The molecule has 5 rings (SSSR count). The molecule has 0 bridgehead atoms. The molecule has 0 aliphatic carbocycles. The van der Waals surface area contributed by atoms with E-state index in [-0.39, 0.29) is 5.24 Å². The quantitative estimate of drug-likeness (QED) is 0.456. The van der Waals surface area contributed by atoms with Gasteiger partial charge in [-0.2, -0.15) is 0 Å². The molecule has 0 unspecified atom stereocenters. The minimum Gasteiger partial charge on any atom is -0.485 e. The second-order valence-corrected chi connectivity index (χ2v) is 7.79. The van der Waals surface area contributed by atoms with Crippen molar-refractivity contribution in [3.8, 4) is 17.0 Å². The molecule has 152 valence electrons. The van der Waals surface area contributed by atoms with Gasteiger partial charge in [-0.1, -0.05) is 36.4 Å². The van der Waals surface area contributed by atoms with Crippen LogP contribution in [-0.2, 0) is 11.4 Å². The molecule has 2 aromatic carbocycles. The molecule has 7 nitrogen and oxygen atoms in total. The SMILES string of the molecule is O=C1NC(=O)C(=Cc2ccc(-c3cc(OCc4ccccc4)c4ocnc4c3)nc2)S1. The highest BCUT2D eigenvalue weighted by atomic mass is 32.2. The van der Waals surface area contributed by atoms with Crippen LogP contribution >= 0.6 is 11.8 Å². The highest BCUT2D eigenvalue weighted by molar-refractivity contribution is 8.18. The third-order valence-electron chi connectivity index (χ3n) is 4.66. The van der Waals surface area contributed by atoms with Crippen molar-refractivity contribution >= 4 is 40.1 Å². The van der Waals surface area contributed by atoms with Crippen LogP contribution in [0.15, 0.2) is 76.5 Å². The zero-order valence-electron chi connectivity index (χ0n) is 16.1. The van der Waals surface area contributed by atoms with Gasteiger partial charge in [0.2, 0.25) is 0 Å². The van der Waals surface area contributed by atoms with Crippen molar-refractivity contribution < 1.29 is 18.7 Å². The molecule has 1 saturated heterocycles. The molecule has 1 aliphatic rings. The van der Waals surface area contributed by atoms with Crippen LogP contribution in [0.3, 0.4) is 0 Å². The number of rotatable bonds is 5. The van der Waals surface area contributed by atoms with Gasteiger partial charge in [0.15, 0.2) is 17.7 Å². The van der Waals surface area contributed by atoms with Crippen LogP contribution < -0.4 is 10.1 Å². The van der Waals surface area contributed by atoms with Crippen molar-refractivity contribution in [2.75, 3.05) is 0 Å². The summed E-state index contributed by atoms with van der Waals surface area (Å²) in [6.45, 7) is 0.401. The minimum atomic E-state index is -0.393. The molecule has 1 fully saturated rings. The van der Waals surface area contributed by atoms with E-state index < -0.39 is 5.91 Å². The third-order valence-corrected chi connectivity index (χ3v) is 5.47. The average Bonchev–Trinajstić information content (AvgIpc) is 3.39. The molecule has 0 atom stereocenters. The van der Waals surface area contributed by atoms with Gasteiger partial charge >= 0.3 is 0 Å². The lowest BCUT2D eigenvalue weighted by atomic mass is 10.1. The van der Waals surface area contributed by atoms with Crippen LogP contribution in [-0.4, -0.2) is 21.1 Å². The number of oxazole rings is 1. The minimum absolute atomic E-state index is 0.347. The number of fused-ring (bicyclic) bond motifs is 1. The van der Waals surface area contributed by atoms with Gasteiger partial charge in [0.25, 0.3) is 11.1 Å². The van der Waals surface area contributed by atoms with E-state index in [4.69, 9.17) is 9.15 Å². The summed E-state index contributed by atoms with van der Waals surface area (Å²) in [5.74, 6) is 0.190. The first-order valence-corrected chi connectivity index (χ1v) is 10.2. The number of carbonyl (C=O) groups is 2. The molecule has 1 aliphatic heterocycles. The molecule has 8 heteroatoms. The van der Waals surface area contributed by atoms with Gasteiger partial charge in [0.1, 0.15) is 12.1 Å². The summed E-state index contributed by atoms with van der Waals surface area (Å²) in [6, 6.07) is 17.3. The number of imide groups is 1. The molecule has 2 amide bonds. The van der Waals surface area contributed by atoms with Crippen molar-refractivity contribution in [3.63, 3.8) is 0 Å². The van der Waals surface area contributed by atoms with Crippen LogP contribution in [0.25, 0.3) is 28.4 Å². The normalized spacial score (nSPS) is 14.9. The van der Waals surface area contributed by atoms with E-state index in [1.54, 1.807) is 12.3 Å². The number of nitrogens with zero attached hydrogens (tertiary/aromatic N) is 2. The predicted octanol–water partition coefficient (Wildman–Crippen LogP) is 4.79. The van der Waals surface area contributed by atoms with Gasteiger partial charge in [-0.3, -0.25) is 19.9 Å². The zero-order valence-corrected chi connectivity index (χ0v) is 16.9. The summed E-state index contributed by atoms with van der Waals surface area (Å²) in [4.78, 5) is 32.1. The first kappa shape index (κ1) is 19.1. The van der Waals surface area contributed by atoms with Gasteiger partial charge < -0.3 is 9.15 Å². The fourth-order valence-electron chi connectivity index (χ4n) is 3.16. The number of carbonyl (C=O) groups excluding carboxylic acids is 2. The zero-order chi connectivity index (χ0) is 21.2. The van der Waals surface area contributed by atoms with E-state index in [1.807, 2.05) is 54.6 Å². The van der Waals surface area contributed by atoms with Gasteiger partial charge in [0.05, 0.1) is 10.6 Å². The largest absolute Gasteiger partial charge is 0.485 e. The molecule has 4 aromatic rings. The van der Waals surface area contributed by atoms with E-state index in [1.165, 1.54) is 6.39 Å². The highest BCUT2D eigenvalue weighted by Gasteiger charge is 2.24. The molecule has 0 saturated carbocycles. The molecule has 2 aromatic heterocycles. The Labute approximate surface area is 181 Å². The summed E-state index contributed by atoms with van der Waals surface area (Å²) < 4.78 is 11.5. The van der Waals surface area contributed by atoms with Crippen LogP contribution in [0.4, 0.5) is 4.79 Å². The Morgan fingerprint density at radius 3 is 2.68 bits per heavy atom. The van der Waals surface area contributed by atoms with Crippen molar-refractivity contribution in [3.05, 3.63) is 83.2 Å². The molecule has 31 heavy (non-hydrogen) atoms. The fraction of sp³-hybridized carbons (Fsp3) is 0.0435. The van der Waals surface area contributed by atoms with Crippen molar-refractivity contribution in [2.24, 2.45) is 0 Å². The Bertz CT molecular complexity index is 1310. The Kier molecular flexibility index (Phi) is 4.97. The Morgan fingerprint density at radius 2 is 1.94 bits per heavy atom. The smallest absolute Gasteiger partial charge is 0.290 e. The van der Waals surface area contributed by atoms with Crippen LogP contribution in [0.1, 0.15) is 11.1 Å². The van der Waals surface area contributed by atoms with Crippen LogP contribution in [0, 0.1) is 0 Å². The van der Waals surface area contributed by atoms with E-state index >= 15 is 0 Å². The first-order valence-electron chi connectivity index (χ1n) is 9.41. The molecule has 3 heterocycles. The molecule has 1 N–H and O–H groups in total. The Morgan fingerprint density at radius 1 is 1.06 bits per heavy atom. The second-order valence-electron chi connectivity index (χ2n) is 6.78. The average molecular weight is 429 g/mol. The van der Waals surface area contributed by atoms with E-state index in [0.717, 1.165) is 34.1 Å². The van der Waals surface area contributed by atoms with Crippen molar-refractivity contribution in [1.29, 1.82) is 0 Å². The van der Waals surface area contributed by atoms with E-state index in [0.29, 0.717) is 28.4 Å². The van der Waals surface area contributed by atoms with Crippen LogP contribution in [0.5, 0.6) is 5.75 Å². The lowest BCUT2D eigenvalue weighted by Gasteiger charge is -2.09. The lowest BCUT2D eigenvalue weighted by molar-refractivity contribution is -0.115. The molecular formula is C23H15N3O4S. The first-order chi connectivity index (χ1) is 15.2. The summed E-state index contributed by atoms with van der Waals surface area (Å²) in [7, 11) is 0. The lowest BCUT2D eigenvalue weighted by Crippen LogP contribution is -2.17. The molecule has 0 radical (unpaired) electrons. The maximum Gasteiger partial charge on any atom is 0.290 e. The number of nitrogens with one attached hydrogen (secondary N) is 1. The number of amides is 2. The number of hydrogen-bond donors (Lipinski definition) is 1. The van der Waals surface area contributed by atoms with Gasteiger partial charge in [0, 0.05) is 11.8 Å². The number of pyridine rings is 1. The number of thioether (sulfide) groups is 1. The maximum absolute atomic E-state index is 11.7. The van der Waals surface area contributed by atoms with Crippen molar-refractivity contribution in [1.82, 2.24) is 15.3 Å². The van der Waals surface area contributed by atoms with Gasteiger partial charge in [-0.25, -0.2) is 4.98 Å². The summed E-state index contributed by atoms with van der Waals surface area (Å²) in [6.07, 6.45) is 4.67.